The van der Waals surface area contributed by atoms with Crippen LogP contribution in [0.3, 0.4) is 0 Å². The second-order valence-electron chi connectivity index (χ2n) is 5.73. The van der Waals surface area contributed by atoms with E-state index in [1.165, 1.54) is 0 Å². The van der Waals surface area contributed by atoms with Crippen molar-refractivity contribution in [3.8, 4) is 0 Å². The van der Waals surface area contributed by atoms with Crippen molar-refractivity contribution in [1.29, 1.82) is 0 Å². The maximum atomic E-state index is 11.9. The van der Waals surface area contributed by atoms with Crippen LogP contribution >= 0.6 is 11.8 Å². The lowest BCUT2D eigenvalue weighted by molar-refractivity contribution is -0.122. The monoisotopic (exact) mass is 286 g/mol. The molecule has 5 nitrogen and oxygen atoms in total. The zero-order valence-electron chi connectivity index (χ0n) is 12.0. The molecule has 0 aromatic heterocycles. The highest BCUT2D eigenvalue weighted by atomic mass is 32.2. The van der Waals surface area contributed by atoms with Gasteiger partial charge in [-0.3, -0.25) is 10.1 Å². The molecule has 2 aliphatic heterocycles. The van der Waals surface area contributed by atoms with Crippen LogP contribution in [-0.2, 0) is 4.79 Å². The van der Waals surface area contributed by atoms with Crippen LogP contribution in [0.2, 0.25) is 0 Å². The first-order chi connectivity index (χ1) is 9.15. The lowest BCUT2D eigenvalue weighted by Crippen LogP contribution is -2.48. The van der Waals surface area contributed by atoms with Crippen molar-refractivity contribution in [1.82, 2.24) is 20.4 Å². The number of likely N-dealkylation sites (N-methyl/N-ethyl adjacent to an activating group) is 1. The molecule has 110 valence electrons. The number of nitrogens with zero attached hydrogens (tertiary/aromatic N) is 2. The molecule has 2 fully saturated rings. The molecule has 2 aliphatic rings. The molecule has 0 radical (unpaired) electrons. The van der Waals surface area contributed by atoms with Gasteiger partial charge in [0.05, 0.1) is 6.04 Å². The third-order valence-electron chi connectivity index (χ3n) is 3.82. The van der Waals surface area contributed by atoms with E-state index in [9.17, 15) is 4.79 Å². The summed E-state index contributed by atoms with van der Waals surface area (Å²) in [5.74, 6) is 2.48. The molecular formula is C13H26N4OS. The van der Waals surface area contributed by atoms with Crippen molar-refractivity contribution in [3.05, 3.63) is 0 Å². The van der Waals surface area contributed by atoms with Crippen molar-refractivity contribution in [2.75, 3.05) is 57.9 Å². The summed E-state index contributed by atoms with van der Waals surface area (Å²) in [6, 6.07) is 0.0147. The van der Waals surface area contributed by atoms with Gasteiger partial charge in [0, 0.05) is 50.9 Å². The number of piperazine rings is 1. The Morgan fingerprint density at radius 1 is 1.42 bits per heavy atom. The van der Waals surface area contributed by atoms with Gasteiger partial charge in [-0.1, -0.05) is 6.92 Å². The van der Waals surface area contributed by atoms with Crippen LogP contribution in [0.15, 0.2) is 0 Å². The zero-order chi connectivity index (χ0) is 13.7. The molecule has 0 saturated carbocycles. The van der Waals surface area contributed by atoms with Crippen LogP contribution in [0.5, 0.6) is 0 Å². The van der Waals surface area contributed by atoms with Gasteiger partial charge in [0.15, 0.2) is 0 Å². The van der Waals surface area contributed by atoms with Crippen LogP contribution in [-0.4, -0.2) is 79.7 Å². The summed E-state index contributed by atoms with van der Waals surface area (Å²) in [5, 5.41) is 6.27. The highest BCUT2D eigenvalue weighted by Crippen LogP contribution is 2.09. The fourth-order valence-corrected chi connectivity index (χ4v) is 3.44. The first-order valence-corrected chi connectivity index (χ1v) is 8.30. The van der Waals surface area contributed by atoms with Crippen molar-refractivity contribution >= 4 is 17.7 Å². The molecule has 2 unspecified atom stereocenters. The highest BCUT2D eigenvalue weighted by Gasteiger charge is 2.23. The minimum atomic E-state index is 0.0147. The van der Waals surface area contributed by atoms with Gasteiger partial charge < -0.3 is 15.1 Å². The number of thioether (sulfide) groups is 1. The van der Waals surface area contributed by atoms with Crippen LogP contribution in [0.1, 0.15) is 6.92 Å². The van der Waals surface area contributed by atoms with Crippen molar-refractivity contribution in [2.24, 2.45) is 5.92 Å². The van der Waals surface area contributed by atoms with E-state index < -0.39 is 0 Å². The summed E-state index contributed by atoms with van der Waals surface area (Å²) in [7, 11) is 2.17. The molecule has 2 rings (SSSR count). The molecule has 2 N–H and O–H groups in total. The third kappa shape index (κ3) is 4.95. The minimum absolute atomic E-state index is 0.0147. The molecule has 2 saturated heterocycles. The van der Waals surface area contributed by atoms with Gasteiger partial charge in [0.1, 0.15) is 0 Å². The van der Waals surface area contributed by atoms with Crippen LogP contribution in [0.4, 0.5) is 0 Å². The Kier molecular flexibility index (Phi) is 5.94. The fourth-order valence-electron chi connectivity index (χ4n) is 2.50. The Balaban J connectivity index is 1.61. The minimum Gasteiger partial charge on any atom is -0.354 e. The second kappa shape index (κ2) is 7.47. The lowest BCUT2D eigenvalue weighted by Gasteiger charge is -2.34. The first-order valence-electron chi connectivity index (χ1n) is 7.15. The average Bonchev–Trinajstić information content (AvgIpc) is 2.93. The molecule has 19 heavy (non-hydrogen) atoms. The van der Waals surface area contributed by atoms with E-state index in [4.69, 9.17) is 0 Å². The summed E-state index contributed by atoms with van der Waals surface area (Å²) in [5.41, 5.74) is 0. The molecular weight excluding hydrogens is 260 g/mol. The Morgan fingerprint density at radius 2 is 2.16 bits per heavy atom. The van der Waals surface area contributed by atoms with Gasteiger partial charge in [-0.25, -0.2) is 0 Å². The van der Waals surface area contributed by atoms with Crippen molar-refractivity contribution in [2.45, 2.75) is 13.0 Å². The fraction of sp³-hybridized carbons (Fsp3) is 0.923. The van der Waals surface area contributed by atoms with Crippen LogP contribution in [0, 0.1) is 5.92 Å². The van der Waals surface area contributed by atoms with Crippen molar-refractivity contribution in [3.63, 3.8) is 0 Å². The van der Waals surface area contributed by atoms with E-state index in [1.807, 2.05) is 0 Å². The predicted octanol–water partition coefficient (Wildman–Crippen LogP) is -0.351. The first kappa shape index (κ1) is 15.1. The van der Waals surface area contributed by atoms with E-state index in [0.717, 1.165) is 50.9 Å². The number of amides is 1. The van der Waals surface area contributed by atoms with Gasteiger partial charge >= 0.3 is 0 Å². The molecule has 0 bridgehead atoms. The summed E-state index contributed by atoms with van der Waals surface area (Å²) >= 11 is 1.79. The number of nitrogens with one attached hydrogen (secondary N) is 2. The quantitative estimate of drug-likeness (QED) is 0.723. The molecule has 0 aromatic carbocycles. The Morgan fingerprint density at radius 3 is 2.79 bits per heavy atom. The molecule has 1 amide bonds. The maximum absolute atomic E-state index is 11.9. The second-order valence-corrected chi connectivity index (χ2v) is 6.76. The number of rotatable bonds is 5. The van der Waals surface area contributed by atoms with Gasteiger partial charge in [-0.2, -0.15) is 0 Å². The van der Waals surface area contributed by atoms with Crippen LogP contribution in [0.25, 0.3) is 0 Å². The molecule has 2 heterocycles. The number of hydrogen-bond donors (Lipinski definition) is 2. The Hall–Kier alpha value is -0.300. The Bertz CT molecular complexity index is 288. The van der Waals surface area contributed by atoms with Crippen LogP contribution < -0.4 is 10.6 Å². The summed E-state index contributed by atoms with van der Waals surface area (Å²) < 4.78 is 0. The largest absolute Gasteiger partial charge is 0.354 e. The Labute approximate surface area is 120 Å². The summed E-state index contributed by atoms with van der Waals surface area (Å²) in [4.78, 5) is 16.7. The smallest absolute Gasteiger partial charge is 0.238 e. The van der Waals surface area contributed by atoms with E-state index in [2.05, 4.69) is 34.4 Å². The van der Waals surface area contributed by atoms with Gasteiger partial charge in [0.25, 0.3) is 0 Å². The number of carbonyl (C=O) groups is 1. The third-order valence-corrected chi connectivity index (χ3v) is 4.76. The SMILES string of the molecule is CC(CNC(=O)C1CSCN1)CN1CCN(C)CC1. The van der Waals surface area contributed by atoms with Gasteiger partial charge in [-0.05, 0) is 13.0 Å². The molecule has 6 heteroatoms. The summed E-state index contributed by atoms with van der Waals surface area (Å²) in [6.45, 7) is 8.69. The summed E-state index contributed by atoms with van der Waals surface area (Å²) in [6.07, 6.45) is 0. The highest BCUT2D eigenvalue weighted by molar-refractivity contribution is 7.99. The van der Waals surface area contributed by atoms with E-state index in [-0.39, 0.29) is 11.9 Å². The molecule has 0 spiro atoms. The average molecular weight is 286 g/mol. The predicted molar refractivity (Wildman–Crippen MR) is 80.4 cm³/mol. The van der Waals surface area contributed by atoms with E-state index in [1.54, 1.807) is 11.8 Å². The molecule has 2 atom stereocenters. The standard InChI is InChI=1S/C13H26N4OS/c1-11(8-17-5-3-16(2)4-6-17)7-14-13(18)12-9-19-10-15-12/h11-12,15H,3-10H2,1-2H3,(H,14,18). The van der Waals surface area contributed by atoms with Crippen molar-refractivity contribution < 1.29 is 4.79 Å². The van der Waals surface area contributed by atoms with Gasteiger partial charge in [0.2, 0.25) is 5.91 Å². The lowest BCUT2D eigenvalue weighted by atomic mass is 10.1. The van der Waals surface area contributed by atoms with E-state index in [0.29, 0.717) is 5.92 Å². The van der Waals surface area contributed by atoms with Gasteiger partial charge in [-0.15, -0.1) is 11.8 Å². The number of carbonyl (C=O) groups excluding carboxylic acids is 1. The van der Waals surface area contributed by atoms with E-state index >= 15 is 0 Å². The molecule has 0 aromatic rings. The topological polar surface area (TPSA) is 47.6 Å². The maximum Gasteiger partial charge on any atom is 0.238 e. The molecule has 0 aliphatic carbocycles. The number of hydrogen-bond acceptors (Lipinski definition) is 5. The zero-order valence-corrected chi connectivity index (χ0v) is 12.8. The normalized spacial score (nSPS) is 27.4.